The standard InChI is InChI=1S/C15H10Cl2O4/c16-10-1-5-12(6-2-10)20-9-14(18)15(19)21-13-7-3-11(17)4-8-13/h1-8H,9H2. The average molecular weight is 325 g/mol. The van der Waals surface area contributed by atoms with Crippen LogP contribution in [0.25, 0.3) is 0 Å². The summed E-state index contributed by atoms with van der Waals surface area (Å²) in [5, 5.41) is 1.06. The zero-order valence-electron chi connectivity index (χ0n) is 10.7. The molecule has 2 aromatic carbocycles. The molecule has 0 atom stereocenters. The molecule has 4 nitrogen and oxygen atoms in total. The molecule has 0 aliphatic rings. The number of Topliss-reactive ketones (excluding diaryl/α,β-unsaturated/α-hetero) is 1. The number of esters is 1. The summed E-state index contributed by atoms with van der Waals surface area (Å²) in [6.45, 7) is -0.409. The number of rotatable bonds is 5. The fourth-order valence-electron chi connectivity index (χ4n) is 1.41. The third kappa shape index (κ3) is 4.77. The Hall–Kier alpha value is -2.04. The first-order chi connectivity index (χ1) is 10.0. The molecule has 2 aromatic rings. The molecular weight excluding hydrogens is 315 g/mol. The van der Waals surface area contributed by atoms with Gasteiger partial charge in [0.25, 0.3) is 5.78 Å². The first kappa shape index (κ1) is 15.4. The molecule has 0 unspecified atom stereocenters. The van der Waals surface area contributed by atoms with Crippen molar-refractivity contribution in [3.63, 3.8) is 0 Å². The molecule has 0 radical (unpaired) electrons. The number of carbonyl (C=O) groups excluding carboxylic acids is 2. The molecule has 0 bridgehead atoms. The fourth-order valence-corrected chi connectivity index (χ4v) is 1.66. The Bertz CT molecular complexity index is 636. The van der Waals surface area contributed by atoms with Crippen molar-refractivity contribution in [1.29, 1.82) is 0 Å². The van der Waals surface area contributed by atoms with Crippen molar-refractivity contribution in [2.45, 2.75) is 0 Å². The Morgan fingerprint density at radius 3 is 1.81 bits per heavy atom. The predicted octanol–water partition coefficient (Wildman–Crippen LogP) is 3.55. The number of benzene rings is 2. The first-order valence-electron chi connectivity index (χ1n) is 5.93. The van der Waals surface area contributed by atoms with Gasteiger partial charge in [0, 0.05) is 10.0 Å². The summed E-state index contributed by atoms with van der Waals surface area (Å²) in [4.78, 5) is 23.2. The van der Waals surface area contributed by atoms with Crippen LogP contribution in [0.2, 0.25) is 10.0 Å². The van der Waals surface area contributed by atoms with Crippen LogP contribution in [0.3, 0.4) is 0 Å². The van der Waals surface area contributed by atoms with Crippen molar-refractivity contribution in [2.24, 2.45) is 0 Å². The molecule has 0 aliphatic heterocycles. The van der Waals surface area contributed by atoms with Gasteiger partial charge in [0.2, 0.25) is 0 Å². The molecule has 21 heavy (non-hydrogen) atoms. The lowest BCUT2D eigenvalue weighted by Gasteiger charge is -2.06. The van der Waals surface area contributed by atoms with Gasteiger partial charge in [-0.25, -0.2) is 4.79 Å². The van der Waals surface area contributed by atoms with E-state index in [2.05, 4.69) is 0 Å². The summed E-state index contributed by atoms with van der Waals surface area (Å²) >= 11 is 11.4. The molecule has 0 amide bonds. The number of hydrogen-bond acceptors (Lipinski definition) is 4. The minimum Gasteiger partial charge on any atom is -0.485 e. The van der Waals surface area contributed by atoms with Crippen LogP contribution in [0.5, 0.6) is 11.5 Å². The van der Waals surface area contributed by atoms with E-state index in [4.69, 9.17) is 32.7 Å². The van der Waals surface area contributed by atoms with Crippen LogP contribution in [0.1, 0.15) is 0 Å². The zero-order valence-corrected chi connectivity index (χ0v) is 12.2. The lowest BCUT2D eigenvalue weighted by atomic mass is 10.3. The van der Waals surface area contributed by atoms with Crippen LogP contribution in [-0.4, -0.2) is 18.4 Å². The van der Waals surface area contributed by atoms with Crippen LogP contribution in [0.4, 0.5) is 0 Å². The van der Waals surface area contributed by atoms with E-state index in [1.54, 1.807) is 36.4 Å². The molecule has 0 saturated heterocycles. The Labute approximate surface area is 131 Å². The molecule has 0 heterocycles. The Morgan fingerprint density at radius 1 is 0.810 bits per heavy atom. The van der Waals surface area contributed by atoms with E-state index in [0.29, 0.717) is 15.8 Å². The molecule has 0 aliphatic carbocycles. The maximum atomic E-state index is 11.6. The number of ether oxygens (including phenoxy) is 2. The number of halogens is 2. The van der Waals surface area contributed by atoms with Gasteiger partial charge in [0.15, 0.2) is 6.61 Å². The topological polar surface area (TPSA) is 52.6 Å². The monoisotopic (exact) mass is 324 g/mol. The lowest BCUT2D eigenvalue weighted by Crippen LogP contribution is -2.26. The molecule has 0 aromatic heterocycles. The summed E-state index contributed by atoms with van der Waals surface area (Å²) in [5.74, 6) is -1.11. The van der Waals surface area contributed by atoms with E-state index >= 15 is 0 Å². The Balaban J connectivity index is 1.86. The van der Waals surface area contributed by atoms with Gasteiger partial charge in [-0.2, -0.15) is 0 Å². The molecule has 108 valence electrons. The molecule has 6 heteroatoms. The summed E-state index contributed by atoms with van der Waals surface area (Å²) in [6, 6.07) is 12.5. The van der Waals surface area contributed by atoms with Gasteiger partial charge in [-0.3, -0.25) is 4.79 Å². The van der Waals surface area contributed by atoms with E-state index in [-0.39, 0.29) is 5.75 Å². The summed E-state index contributed by atoms with van der Waals surface area (Å²) in [5.41, 5.74) is 0. The maximum absolute atomic E-state index is 11.6. The second kappa shape index (κ2) is 7.11. The maximum Gasteiger partial charge on any atom is 0.383 e. The van der Waals surface area contributed by atoms with Crippen molar-refractivity contribution in [2.75, 3.05) is 6.61 Å². The van der Waals surface area contributed by atoms with E-state index in [9.17, 15) is 9.59 Å². The molecule has 0 spiro atoms. The van der Waals surface area contributed by atoms with E-state index in [0.717, 1.165) is 0 Å². The largest absolute Gasteiger partial charge is 0.485 e. The summed E-state index contributed by atoms with van der Waals surface area (Å²) in [6.07, 6.45) is 0. The lowest BCUT2D eigenvalue weighted by molar-refractivity contribution is -0.148. The van der Waals surface area contributed by atoms with Crippen LogP contribution in [0, 0.1) is 0 Å². The van der Waals surface area contributed by atoms with Crippen LogP contribution in [0.15, 0.2) is 48.5 Å². The molecule has 0 N–H and O–H groups in total. The number of carbonyl (C=O) groups is 2. The van der Waals surface area contributed by atoms with Gasteiger partial charge in [-0.05, 0) is 48.5 Å². The minimum absolute atomic E-state index is 0.240. The van der Waals surface area contributed by atoms with Gasteiger partial charge in [-0.1, -0.05) is 23.2 Å². The third-order valence-corrected chi connectivity index (χ3v) is 2.94. The highest BCUT2D eigenvalue weighted by atomic mass is 35.5. The van der Waals surface area contributed by atoms with Crippen molar-refractivity contribution < 1.29 is 19.1 Å². The Morgan fingerprint density at radius 2 is 1.29 bits per heavy atom. The van der Waals surface area contributed by atoms with Gasteiger partial charge in [-0.15, -0.1) is 0 Å². The molecule has 2 rings (SSSR count). The van der Waals surface area contributed by atoms with E-state index in [1.807, 2.05) is 0 Å². The van der Waals surface area contributed by atoms with Gasteiger partial charge in [0.1, 0.15) is 11.5 Å². The quantitative estimate of drug-likeness (QED) is 0.479. The summed E-state index contributed by atoms with van der Waals surface area (Å²) < 4.78 is 10.1. The highest BCUT2D eigenvalue weighted by Gasteiger charge is 2.17. The van der Waals surface area contributed by atoms with Crippen LogP contribution >= 0.6 is 23.2 Å². The van der Waals surface area contributed by atoms with Gasteiger partial charge in [0.05, 0.1) is 0 Å². The zero-order chi connectivity index (χ0) is 15.2. The van der Waals surface area contributed by atoms with Crippen LogP contribution < -0.4 is 9.47 Å². The predicted molar refractivity (Wildman–Crippen MR) is 79.0 cm³/mol. The average Bonchev–Trinajstić information content (AvgIpc) is 2.48. The van der Waals surface area contributed by atoms with Crippen LogP contribution in [-0.2, 0) is 9.59 Å². The smallest absolute Gasteiger partial charge is 0.383 e. The number of ketones is 1. The molecule has 0 saturated carbocycles. The number of hydrogen-bond donors (Lipinski definition) is 0. The fraction of sp³-hybridized carbons (Fsp3) is 0.0667. The SMILES string of the molecule is O=C(COc1ccc(Cl)cc1)C(=O)Oc1ccc(Cl)cc1. The first-order valence-corrected chi connectivity index (χ1v) is 6.69. The van der Waals surface area contributed by atoms with Gasteiger partial charge < -0.3 is 9.47 Å². The highest BCUT2D eigenvalue weighted by molar-refractivity contribution is 6.35. The van der Waals surface area contributed by atoms with Crippen molar-refractivity contribution >= 4 is 35.0 Å². The minimum atomic E-state index is -0.994. The highest BCUT2D eigenvalue weighted by Crippen LogP contribution is 2.17. The molecule has 0 fully saturated rings. The second-order valence-electron chi connectivity index (χ2n) is 4.01. The second-order valence-corrected chi connectivity index (χ2v) is 4.88. The van der Waals surface area contributed by atoms with Crippen molar-refractivity contribution in [1.82, 2.24) is 0 Å². The van der Waals surface area contributed by atoms with E-state index in [1.165, 1.54) is 12.1 Å². The molecular formula is C15H10Cl2O4. The third-order valence-electron chi connectivity index (χ3n) is 2.44. The Kier molecular flexibility index (Phi) is 5.20. The summed E-state index contributed by atoms with van der Waals surface area (Å²) in [7, 11) is 0. The van der Waals surface area contributed by atoms with Gasteiger partial charge >= 0.3 is 5.97 Å². The van der Waals surface area contributed by atoms with E-state index < -0.39 is 18.4 Å². The van der Waals surface area contributed by atoms with Crippen molar-refractivity contribution in [3.05, 3.63) is 58.6 Å². The van der Waals surface area contributed by atoms with Crippen molar-refractivity contribution in [3.8, 4) is 11.5 Å². The normalized spacial score (nSPS) is 10.0.